The highest BCUT2D eigenvalue weighted by atomic mass is 19.4. The second-order valence-electron chi connectivity index (χ2n) is 3.52. The van der Waals surface area contributed by atoms with Gasteiger partial charge in [-0.1, -0.05) is 0 Å². The van der Waals surface area contributed by atoms with Crippen molar-refractivity contribution in [3.05, 3.63) is 24.2 Å². The summed E-state index contributed by atoms with van der Waals surface area (Å²) in [7, 11) is 0. The number of amides is 2. The molecule has 1 rings (SSSR count). The van der Waals surface area contributed by atoms with Crippen molar-refractivity contribution in [3.63, 3.8) is 0 Å². The summed E-state index contributed by atoms with van der Waals surface area (Å²) in [5.74, 6) is -1.55. The molecule has 0 aliphatic heterocycles. The Hall–Kier alpha value is -2.03. The molecule has 1 unspecified atom stereocenters. The fraction of sp³-hybridized carbons (Fsp3) is 0.400. The van der Waals surface area contributed by atoms with E-state index in [0.717, 1.165) is 0 Å². The average Bonchev–Trinajstić information content (AvgIpc) is 2.85. The number of nitrogens with one attached hydrogen (secondary N) is 2. The Morgan fingerprint density at radius 2 is 2.05 bits per heavy atom. The minimum Gasteiger partial charge on any atom is -0.459 e. The van der Waals surface area contributed by atoms with Crippen molar-refractivity contribution in [2.45, 2.75) is 12.3 Å². The number of hydrogen-bond donors (Lipinski definition) is 3. The molecule has 6 nitrogen and oxygen atoms in total. The Kier molecular flexibility index (Phi) is 4.93. The maximum Gasteiger partial charge on any atom is 0.416 e. The Labute approximate surface area is 105 Å². The van der Waals surface area contributed by atoms with Crippen LogP contribution in [-0.4, -0.2) is 42.3 Å². The zero-order valence-electron chi connectivity index (χ0n) is 9.53. The second kappa shape index (κ2) is 6.23. The third kappa shape index (κ3) is 5.00. The van der Waals surface area contributed by atoms with Crippen LogP contribution < -0.4 is 10.6 Å². The SMILES string of the molecule is O=C(CNC(=O)c1ccco1)NCC(O)C(F)(F)F. The number of hydrogen-bond acceptors (Lipinski definition) is 4. The van der Waals surface area contributed by atoms with E-state index >= 15 is 0 Å². The van der Waals surface area contributed by atoms with E-state index in [1.54, 1.807) is 0 Å². The fourth-order valence-corrected chi connectivity index (χ4v) is 1.04. The number of furan rings is 1. The molecule has 1 aromatic rings. The van der Waals surface area contributed by atoms with Gasteiger partial charge in [-0.2, -0.15) is 13.2 Å². The summed E-state index contributed by atoms with van der Waals surface area (Å²) in [6, 6.07) is 2.83. The molecular weight excluding hydrogens is 269 g/mol. The lowest BCUT2D eigenvalue weighted by molar-refractivity contribution is -0.201. The third-order valence-corrected chi connectivity index (χ3v) is 2.02. The molecule has 0 spiro atoms. The molecule has 2 amide bonds. The van der Waals surface area contributed by atoms with Crippen molar-refractivity contribution in [3.8, 4) is 0 Å². The number of halogens is 3. The van der Waals surface area contributed by atoms with Gasteiger partial charge in [0, 0.05) is 0 Å². The van der Waals surface area contributed by atoms with Crippen LogP contribution in [-0.2, 0) is 4.79 Å². The number of alkyl halides is 3. The van der Waals surface area contributed by atoms with Crippen LogP contribution in [0, 0.1) is 0 Å². The molecule has 9 heteroatoms. The van der Waals surface area contributed by atoms with E-state index in [-0.39, 0.29) is 5.76 Å². The second-order valence-corrected chi connectivity index (χ2v) is 3.52. The Morgan fingerprint density at radius 3 is 2.58 bits per heavy atom. The van der Waals surface area contributed by atoms with Gasteiger partial charge in [-0.3, -0.25) is 9.59 Å². The first kappa shape index (κ1) is 15.0. The molecule has 1 heterocycles. The third-order valence-electron chi connectivity index (χ3n) is 2.02. The fourth-order valence-electron chi connectivity index (χ4n) is 1.04. The van der Waals surface area contributed by atoms with Gasteiger partial charge < -0.3 is 20.2 Å². The smallest absolute Gasteiger partial charge is 0.416 e. The van der Waals surface area contributed by atoms with E-state index < -0.39 is 37.2 Å². The van der Waals surface area contributed by atoms with E-state index in [1.165, 1.54) is 18.4 Å². The van der Waals surface area contributed by atoms with Gasteiger partial charge in [0.25, 0.3) is 5.91 Å². The standard InChI is InChI=1S/C10H11F3N2O4/c11-10(12,13)7(16)4-14-8(17)5-15-9(18)6-2-1-3-19-6/h1-3,7,16H,4-5H2,(H,14,17)(H,15,18). The van der Waals surface area contributed by atoms with Gasteiger partial charge in [-0.15, -0.1) is 0 Å². The van der Waals surface area contributed by atoms with E-state index in [4.69, 9.17) is 9.52 Å². The summed E-state index contributed by atoms with van der Waals surface area (Å²) >= 11 is 0. The minimum atomic E-state index is -4.80. The van der Waals surface area contributed by atoms with Gasteiger partial charge in [0.05, 0.1) is 19.4 Å². The number of aliphatic hydroxyl groups excluding tert-OH is 1. The summed E-state index contributed by atoms with van der Waals surface area (Å²) in [6.07, 6.45) is -6.18. The normalized spacial score (nSPS) is 12.8. The molecule has 19 heavy (non-hydrogen) atoms. The summed E-state index contributed by atoms with van der Waals surface area (Å²) < 4.78 is 40.5. The Bertz CT molecular complexity index is 430. The van der Waals surface area contributed by atoms with Crippen LogP contribution in [0.2, 0.25) is 0 Å². The summed E-state index contributed by atoms with van der Waals surface area (Å²) in [5, 5.41) is 12.6. The Morgan fingerprint density at radius 1 is 1.37 bits per heavy atom. The molecule has 0 aliphatic rings. The number of carbonyl (C=O) groups is 2. The molecule has 0 fully saturated rings. The molecule has 1 aromatic heterocycles. The number of aliphatic hydroxyl groups is 1. The molecule has 0 radical (unpaired) electrons. The minimum absolute atomic E-state index is 0.0249. The van der Waals surface area contributed by atoms with Crippen LogP contribution in [0.3, 0.4) is 0 Å². The highest BCUT2D eigenvalue weighted by Gasteiger charge is 2.38. The van der Waals surface area contributed by atoms with Crippen LogP contribution in [0.5, 0.6) is 0 Å². The van der Waals surface area contributed by atoms with Crippen molar-refractivity contribution in [1.82, 2.24) is 10.6 Å². The van der Waals surface area contributed by atoms with Gasteiger partial charge in [0.2, 0.25) is 5.91 Å². The molecular formula is C10H11F3N2O4. The van der Waals surface area contributed by atoms with Gasteiger partial charge in [0.1, 0.15) is 0 Å². The number of rotatable bonds is 5. The lowest BCUT2D eigenvalue weighted by atomic mass is 10.3. The largest absolute Gasteiger partial charge is 0.459 e. The molecule has 1 atom stereocenters. The molecule has 0 saturated carbocycles. The highest BCUT2D eigenvalue weighted by molar-refractivity contribution is 5.94. The molecule has 106 valence electrons. The van der Waals surface area contributed by atoms with Crippen molar-refractivity contribution >= 4 is 11.8 Å². The van der Waals surface area contributed by atoms with Crippen LogP contribution >= 0.6 is 0 Å². The summed E-state index contributed by atoms with van der Waals surface area (Å²) in [4.78, 5) is 22.4. The van der Waals surface area contributed by atoms with Crippen molar-refractivity contribution in [1.29, 1.82) is 0 Å². The monoisotopic (exact) mass is 280 g/mol. The zero-order chi connectivity index (χ0) is 14.5. The first-order chi connectivity index (χ1) is 8.80. The van der Waals surface area contributed by atoms with Crippen molar-refractivity contribution < 1.29 is 32.3 Å². The zero-order valence-corrected chi connectivity index (χ0v) is 9.53. The lowest BCUT2D eigenvalue weighted by Crippen LogP contribution is -2.44. The van der Waals surface area contributed by atoms with Gasteiger partial charge in [-0.25, -0.2) is 0 Å². The van der Waals surface area contributed by atoms with E-state index in [9.17, 15) is 22.8 Å². The summed E-state index contributed by atoms with van der Waals surface area (Å²) in [6.45, 7) is -1.50. The molecule has 0 saturated heterocycles. The maximum atomic E-state index is 11.9. The topological polar surface area (TPSA) is 91.6 Å². The number of carbonyl (C=O) groups excluding carboxylic acids is 2. The summed E-state index contributed by atoms with van der Waals surface area (Å²) in [5.41, 5.74) is 0. The Balaban J connectivity index is 2.27. The van der Waals surface area contributed by atoms with Crippen LogP contribution in [0.15, 0.2) is 22.8 Å². The van der Waals surface area contributed by atoms with Crippen LogP contribution in [0.25, 0.3) is 0 Å². The molecule has 0 bridgehead atoms. The van der Waals surface area contributed by atoms with E-state index in [0.29, 0.717) is 0 Å². The predicted octanol–water partition coefficient (Wildman–Crippen LogP) is 0.0488. The average molecular weight is 280 g/mol. The highest BCUT2D eigenvalue weighted by Crippen LogP contribution is 2.18. The first-order valence-corrected chi connectivity index (χ1v) is 5.14. The van der Waals surface area contributed by atoms with Gasteiger partial charge in [0.15, 0.2) is 11.9 Å². The molecule has 0 aliphatic carbocycles. The van der Waals surface area contributed by atoms with E-state index in [2.05, 4.69) is 5.32 Å². The van der Waals surface area contributed by atoms with Crippen molar-refractivity contribution in [2.24, 2.45) is 0 Å². The predicted molar refractivity (Wildman–Crippen MR) is 56.1 cm³/mol. The van der Waals surface area contributed by atoms with E-state index in [1.807, 2.05) is 5.32 Å². The molecule has 3 N–H and O–H groups in total. The van der Waals surface area contributed by atoms with Gasteiger partial charge in [-0.05, 0) is 12.1 Å². The van der Waals surface area contributed by atoms with Crippen molar-refractivity contribution in [2.75, 3.05) is 13.1 Å². The lowest BCUT2D eigenvalue weighted by Gasteiger charge is -2.14. The van der Waals surface area contributed by atoms with Crippen LogP contribution in [0.1, 0.15) is 10.6 Å². The quantitative estimate of drug-likeness (QED) is 0.710. The van der Waals surface area contributed by atoms with Gasteiger partial charge >= 0.3 is 6.18 Å². The molecule has 0 aromatic carbocycles. The maximum absolute atomic E-state index is 11.9. The first-order valence-electron chi connectivity index (χ1n) is 5.14. The van der Waals surface area contributed by atoms with Crippen LogP contribution in [0.4, 0.5) is 13.2 Å².